The van der Waals surface area contributed by atoms with Crippen LogP contribution in [0.5, 0.6) is 5.75 Å². The number of hydrogen-bond donors (Lipinski definition) is 2. The molecule has 0 amide bonds. The Hall–Kier alpha value is -1.42. The van der Waals surface area contributed by atoms with Crippen molar-refractivity contribution < 1.29 is 4.74 Å². The zero-order chi connectivity index (χ0) is 11.4. The van der Waals surface area contributed by atoms with Gasteiger partial charge >= 0.3 is 0 Å². The van der Waals surface area contributed by atoms with Crippen molar-refractivity contribution in [1.82, 2.24) is 4.98 Å². The minimum absolute atomic E-state index is 0.766. The van der Waals surface area contributed by atoms with Crippen LogP contribution in [-0.4, -0.2) is 12.1 Å². The third-order valence-corrected chi connectivity index (χ3v) is 2.76. The van der Waals surface area contributed by atoms with Gasteiger partial charge in [-0.05, 0) is 39.7 Å². The standard InChI is InChI=1S/C12H13BrN2O/c1-16-11-5-3-2-4-10(11)14-7-9-6-12(13)15-8-9/h2-6,8,14-15H,7H2,1H3. The molecule has 0 fully saturated rings. The van der Waals surface area contributed by atoms with E-state index in [1.165, 1.54) is 5.56 Å². The van der Waals surface area contributed by atoms with Crippen molar-refractivity contribution in [3.8, 4) is 5.75 Å². The number of halogens is 1. The highest BCUT2D eigenvalue weighted by atomic mass is 79.9. The van der Waals surface area contributed by atoms with Gasteiger partial charge in [-0.25, -0.2) is 0 Å². The number of aromatic amines is 1. The molecule has 1 heterocycles. The van der Waals surface area contributed by atoms with Gasteiger partial charge in [-0.2, -0.15) is 0 Å². The Bertz CT molecular complexity index is 468. The maximum Gasteiger partial charge on any atom is 0.141 e. The van der Waals surface area contributed by atoms with Crippen molar-refractivity contribution >= 4 is 21.6 Å². The molecule has 0 spiro atoms. The molecule has 0 aliphatic rings. The summed E-state index contributed by atoms with van der Waals surface area (Å²) in [6, 6.07) is 9.92. The Morgan fingerprint density at radius 3 is 2.88 bits per heavy atom. The van der Waals surface area contributed by atoms with Crippen molar-refractivity contribution in [1.29, 1.82) is 0 Å². The van der Waals surface area contributed by atoms with E-state index < -0.39 is 0 Å². The van der Waals surface area contributed by atoms with Gasteiger partial charge < -0.3 is 15.0 Å². The van der Waals surface area contributed by atoms with Crippen LogP contribution in [0.25, 0.3) is 0 Å². The second-order valence-electron chi connectivity index (χ2n) is 3.41. The first-order valence-electron chi connectivity index (χ1n) is 4.99. The molecule has 3 nitrogen and oxygen atoms in total. The topological polar surface area (TPSA) is 37.0 Å². The number of methoxy groups -OCH3 is 1. The molecule has 0 saturated heterocycles. The Labute approximate surface area is 103 Å². The van der Waals surface area contributed by atoms with E-state index in [1.54, 1.807) is 7.11 Å². The van der Waals surface area contributed by atoms with E-state index in [0.717, 1.165) is 22.6 Å². The molecule has 1 aromatic carbocycles. The van der Waals surface area contributed by atoms with Gasteiger partial charge in [0, 0.05) is 12.7 Å². The molecule has 1 aromatic heterocycles. The number of nitrogens with one attached hydrogen (secondary N) is 2. The highest BCUT2D eigenvalue weighted by Crippen LogP contribution is 2.23. The van der Waals surface area contributed by atoms with Crippen LogP contribution in [0, 0.1) is 0 Å². The number of H-pyrrole nitrogens is 1. The van der Waals surface area contributed by atoms with E-state index in [2.05, 4.69) is 26.2 Å². The van der Waals surface area contributed by atoms with Gasteiger partial charge in [0.15, 0.2) is 0 Å². The first-order chi connectivity index (χ1) is 7.79. The van der Waals surface area contributed by atoms with Crippen molar-refractivity contribution in [2.75, 3.05) is 12.4 Å². The third-order valence-electron chi connectivity index (χ3n) is 2.30. The molecule has 0 atom stereocenters. The number of aromatic nitrogens is 1. The summed E-state index contributed by atoms with van der Waals surface area (Å²) >= 11 is 3.38. The molecule has 0 aliphatic heterocycles. The Morgan fingerprint density at radius 2 is 2.19 bits per heavy atom. The van der Waals surface area contributed by atoms with Gasteiger partial charge in [0.1, 0.15) is 5.75 Å². The average molecular weight is 281 g/mol. The molecule has 4 heteroatoms. The molecule has 0 unspecified atom stereocenters. The van der Waals surface area contributed by atoms with Gasteiger partial charge in [0.2, 0.25) is 0 Å². The molecule has 84 valence electrons. The predicted molar refractivity (Wildman–Crippen MR) is 68.8 cm³/mol. The predicted octanol–water partition coefficient (Wildman–Crippen LogP) is 3.40. The van der Waals surface area contributed by atoms with E-state index in [9.17, 15) is 0 Å². The average Bonchev–Trinajstić information content (AvgIpc) is 2.73. The van der Waals surface area contributed by atoms with Gasteiger partial charge in [0.25, 0.3) is 0 Å². The highest BCUT2D eigenvalue weighted by Gasteiger charge is 2.01. The number of para-hydroxylation sites is 2. The van der Waals surface area contributed by atoms with Crippen LogP contribution in [0.15, 0.2) is 41.1 Å². The summed E-state index contributed by atoms with van der Waals surface area (Å²) in [5.74, 6) is 0.858. The number of benzene rings is 1. The smallest absolute Gasteiger partial charge is 0.141 e. The Balaban J connectivity index is 2.04. The molecule has 0 radical (unpaired) electrons. The second kappa shape index (κ2) is 5.07. The van der Waals surface area contributed by atoms with Gasteiger partial charge in [-0.1, -0.05) is 12.1 Å². The van der Waals surface area contributed by atoms with Crippen LogP contribution in [0.3, 0.4) is 0 Å². The Morgan fingerprint density at radius 1 is 1.38 bits per heavy atom. The van der Waals surface area contributed by atoms with Crippen LogP contribution in [0.1, 0.15) is 5.56 Å². The monoisotopic (exact) mass is 280 g/mol. The molecular weight excluding hydrogens is 268 g/mol. The molecule has 2 N–H and O–H groups in total. The zero-order valence-corrected chi connectivity index (χ0v) is 10.5. The van der Waals surface area contributed by atoms with Gasteiger partial charge in [-0.3, -0.25) is 0 Å². The van der Waals surface area contributed by atoms with Crippen molar-refractivity contribution in [3.63, 3.8) is 0 Å². The fraction of sp³-hybridized carbons (Fsp3) is 0.167. The first kappa shape index (κ1) is 11.1. The SMILES string of the molecule is COc1ccccc1NCc1c[nH]c(Br)c1. The van der Waals surface area contributed by atoms with E-state index in [-0.39, 0.29) is 0 Å². The third kappa shape index (κ3) is 2.58. The lowest BCUT2D eigenvalue weighted by atomic mass is 10.2. The fourth-order valence-electron chi connectivity index (χ4n) is 1.50. The molecule has 16 heavy (non-hydrogen) atoms. The quantitative estimate of drug-likeness (QED) is 0.901. The van der Waals surface area contributed by atoms with Crippen LogP contribution in [0.4, 0.5) is 5.69 Å². The van der Waals surface area contributed by atoms with E-state index in [4.69, 9.17) is 4.74 Å². The van der Waals surface area contributed by atoms with Gasteiger partial charge in [0.05, 0.1) is 17.4 Å². The van der Waals surface area contributed by atoms with Crippen molar-refractivity contribution in [2.45, 2.75) is 6.54 Å². The highest BCUT2D eigenvalue weighted by molar-refractivity contribution is 9.10. The summed E-state index contributed by atoms with van der Waals surface area (Å²) in [5, 5.41) is 3.33. The van der Waals surface area contributed by atoms with Crippen LogP contribution in [-0.2, 0) is 6.54 Å². The van der Waals surface area contributed by atoms with Crippen LogP contribution in [0.2, 0.25) is 0 Å². The number of hydrogen-bond acceptors (Lipinski definition) is 2. The molecule has 2 rings (SSSR count). The number of anilines is 1. The number of ether oxygens (including phenoxy) is 1. The van der Waals surface area contributed by atoms with Crippen LogP contribution >= 0.6 is 15.9 Å². The van der Waals surface area contributed by atoms with Crippen molar-refractivity contribution in [3.05, 3.63) is 46.7 Å². The van der Waals surface area contributed by atoms with Crippen LogP contribution < -0.4 is 10.1 Å². The first-order valence-corrected chi connectivity index (χ1v) is 5.78. The lowest BCUT2D eigenvalue weighted by Crippen LogP contribution is -2.00. The molecular formula is C12H13BrN2O. The second-order valence-corrected chi connectivity index (χ2v) is 4.26. The maximum absolute atomic E-state index is 5.26. The van der Waals surface area contributed by atoms with E-state index in [1.807, 2.05) is 36.5 Å². The van der Waals surface area contributed by atoms with E-state index >= 15 is 0 Å². The summed E-state index contributed by atoms with van der Waals surface area (Å²) in [7, 11) is 1.67. The Kier molecular flexibility index (Phi) is 3.51. The minimum Gasteiger partial charge on any atom is -0.495 e. The molecule has 0 aliphatic carbocycles. The van der Waals surface area contributed by atoms with Crippen molar-refractivity contribution in [2.24, 2.45) is 0 Å². The number of rotatable bonds is 4. The van der Waals surface area contributed by atoms with Gasteiger partial charge in [-0.15, -0.1) is 0 Å². The summed E-state index contributed by atoms with van der Waals surface area (Å²) in [5.41, 5.74) is 2.19. The minimum atomic E-state index is 0.766. The summed E-state index contributed by atoms with van der Waals surface area (Å²) in [6.07, 6.45) is 1.96. The largest absolute Gasteiger partial charge is 0.495 e. The lowest BCUT2D eigenvalue weighted by Gasteiger charge is -2.09. The summed E-state index contributed by atoms with van der Waals surface area (Å²) in [4.78, 5) is 3.08. The fourth-order valence-corrected chi connectivity index (χ4v) is 1.91. The zero-order valence-electron chi connectivity index (χ0n) is 8.96. The molecule has 0 saturated carbocycles. The van der Waals surface area contributed by atoms with E-state index in [0.29, 0.717) is 0 Å². The molecule has 0 bridgehead atoms. The normalized spacial score (nSPS) is 10.1. The molecule has 2 aromatic rings. The lowest BCUT2D eigenvalue weighted by molar-refractivity contribution is 0.416. The summed E-state index contributed by atoms with van der Waals surface area (Å²) in [6.45, 7) is 0.766. The summed E-state index contributed by atoms with van der Waals surface area (Å²) < 4.78 is 6.25. The maximum atomic E-state index is 5.26.